The molecule has 1 aromatic heterocycles. The van der Waals surface area contributed by atoms with Gasteiger partial charge in [-0.25, -0.2) is 0 Å². The quantitative estimate of drug-likeness (QED) is 0.818. The summed E-state index contributed by atoms with van der Waals surface area (Å²) in [5, 5.41) is 3.53. The van der Waals surface area contributed by atoms with Crippen LogP contribution in [0.3, 0.4) is 0 Å². The van der Waals surface area contributed by atoms with Crippen LogP contribution in [0.25, 0.3) is 0 Å². The van der Waals surface area contributed by atoms with Gasteiger partial charge in [-0.15, -0.1) is 0 Å². The third-order valence-electron chi connectivity index (χ3n) is 3.03. The Kier molecular flexibility index (Phi) is 5.83. The van der Waals surface area contributed by atoms with Crippen LogP contribution in [-0.4, -0.2) is 13.7 Å². The number of nitrogens with one attached hydrogen (secondary N) is 1. The number of hydrogen-bond acceptors (Lipinski definition) is 3. The van der Waals surface area contributed by atoms with Crippen molar-refractivity contribution in [2.75, 3.05) is 13.7 Å². The molecule has 2 aromatic rings. The van der Waals surface area contributed by atoms with Crippen LogP contribution in [0, 0.1) is 0 Å². The van der Waals surface area contributed by atoms with Gasteiger partial charge in [0.25, 0.3) is 0 Å². The van der Waals surface area contributed by atoms with Crippen molar-refractivity contribution < 1.29 is 9.15 Å². The molecule has 1 unspecified atom stereocenters. The summed E-state index contributed by atoms with van der Waals surface area (Å²) in [6, 6.07) is 12.3. The van der Waals surface area contributed by atoms with E-state index in [1.165, 1.54) is 5.56 Å². The molecule has 0 saturated carbocycles. The van der Waals surface area contributed by atoms with Crippen molar-refractivity contribution in [3.8, 4) is 0 Å². The van der Waals surface area contributed by atoms with Crippen LogP contribution >= 0.6 is 15.9 Å². The van der Waals surface area contributed by atoms with E-state index in [1.54, 1.807) is 7.11 Å². The van der Waals surface area contributed by atoms with Crippen LogP contribution in [0.2, 0.25) is 0 Å². The lowest BCUT2D eigenvalue weighted by Crippen LogP contribution is -2.22. The van der Waals surface area contributed by atoms with Gasteiger partial charge in [0.2, 0.25) is 0 Å². The summed E-state index contributed by atoms with van der Waals surface area (Å²) in [5.74, 6) is 1.77. The van der Waals surface area contributed by atoms with Crippen molar-refractivity contribution in [3.63, 3.8) is 0 Å². The average molecular weight is 338 g/mol. The van der Waals surface area contributed by atoms with Gasteiger partial charge in [-0.2, -0.15) is 0 Å². The Morgan fingerprint density at radius 3 is 2.85 bits per heavy atom. The molecule has 1 heterocycles. The Bertz CT molecular complexity index is 539. The molecular weight excluding hydrogens is 318 g/mol. The monoisotopic (exact) mass is 337 g/mol. The zero-order valence-electron chi connectivity index (χ0n) is 11.9. The maximum absolute atomic E-state index is 5.87. The van der Waals surface area contributed by atoms with E-state index in [2.05, 4.69) is 40.3 Å². The molecule has 0 radical (unpaired) electrons. The molecule has 0 spiro atoms. The number of ether oxygens (including phenoxy) is 1. The van der Waals surface area contributed by atoms with Crippen LogP contribution in [0.1, 0.15) is 36.5 Å². The molecule has 108 valence electrons. The molecule has 0 amide bonds. The number of furan rings is 1. The Morgan fingerprint density at radius 2 is 2.15 bits per heavy atom. The van der Waals surface area contributed by atoms with E-state index in [9.17, 15) is 0 Å². The predicted molar refractivity (Wildman–Crippen MR) is 83.7 cm³/mol. The summed E-state index contributed by atoms with van der Waals surface area (Å²) in [6.07, 6.45) is 1.08. The zero-order chi connectivity index (χ0) is 14.4. The Morgan fingerprint density at radius 1 is 1.30 bits per heavy atom. The molecule has 1 atom stereocenters. The molecule has 0 aliphatic carbocycles. The maximum atomic E-state index is 5.87. The fraction of sp³-hybridized carbons (Fsp3) is 0.375. The van der Waals surface area contributed by atoms with Crippen LogP contribution in [0.5, 0.6) is 0 Å². The molecule has 0 bridgehead atoms. The summed E-state index contributed by atoms with van der Waals surface area (Å²) in [6.45, 7) is 3.60. The van der Waals surface area contributed by atoms with Gasteiger partial charge in [0.1, 0.15) is 18.1 Å². The maximum Gasteiger partial charge on any atom is 0.129 e. The molecule has 2 rings (SSSR count). The summed E-state index contributed by atoms with van der Waals surface area (Å²) in [7, 11) is 1.67. The highest BCUT2D eigenvalue weighted by atomic mass is 79.9. The molecule has 0 aliphatic rings. The van der Waals surface area contributed by atoms with Gasteiger partial charge in [0, 0.05) is 11.6 Å². The SMILES string of the molecule is CCCNC(c1cccc(Br)c1)c1ccc(COC)o1. The highest BCUT2D eigenvalue weighted by Crippen LogP contribution is 2.26. The first-order chi connectivity index (χ1) is 9.74. The Labute approximate surface area is 128 Å². The molecule has 3 nitrogen and oxygen atoms in total. The molecular formula is C16H20BrNO2. The van der Waals surface area contributed by atoms with E-state index in [0.717, 1.165) is 29.0 Å². The van der Waals surface area contributed by atoms with Crippen molar-refractivity contribution in [2.45, 2.75) is 26.0 Å². The molecule has 4 heteroatoms. The number of benzene rings is 1. The van der Waals surface area contributed by atoms with Gasteiger partial charge < -0.3 is 14.5 Å². The topological polar surface area (TPSA) is 34.4 Å². The first-order valence-corrected chi connectivity index (χ1v) is 7.60. The predicted octanol–water partition coefficient (Wildman–Crippen LogP) is 4.28. The van der Waals surface area contributed by atoms with Crippen LogP contribution in [0.4, 0.5) is 0 Å². The second kappa shape index (κ2) is 7.62. The van der Waals surface area contributed by atoms with Crippen molar-refractivity contribution in [1.82, 2.24) is 5.32 Å². The standard InChI is InChI=1S/C16H20BrNO2/c1-3-9-18-16(12-5-4-6-13(17)10-12)15-8-7-14(20-15)11-19-2/h4-8,10,16,18H,3,9,11H2,1-2H3. The third-order valence-corrected chi connectivity index (χ3v) is 3.53. The van der Waals surface area contributed by atoms with Crippen LogP contribution in [0.15, 0.2) is 45.3 Å². The zero-order valence-corrected chi connectivity index (χ0v) is 13.4. The smallest absolute Gasteiger partial charge is 0.129 e. The fourth-order valence-electron chi connectivity index (χ4n) is 2.13. The van der Waals surface area contributed by atoms with Crippen molar-refractivity contribution in [2.24, 2.45) is 0 Å². The van der Waals surface area contributed by atoms with Gasteiger partial charge in [-0.1, -0.05) is 35.0 Å². The number of halogens is 1. The highest BCUT2D eigenvalue weighted by molar-refractivity contribution is 9.10. The summed E-state index contributed by atoms with van der Waals surface area (Å²) >= 11 is 3.52. The lowest BCUT2D eigenvalue weighted by Gasteiger charge is -2.17. The number of hydrogen-bond donors (Lipinski definition) is 1. The van der Waals surface area contributed by atoms with Gasteiger partial charge in [0.15, 0.2) is 0 Å². The van der Waals surface area contributed by atoms with Crippen molar-refractivity contribution >= 4 is 15.9 Å². The molecule has 20 heavy (non-hydrogen) atoms. The van der Waals surface area contributed by atoms with Gasteiger partial charge in [0.05, 0.1) is 6.04 Å². The average Bonchev–Trinajstić information content (AvgIpc) is 2.88. The minimum Gasteiger partial charge on any atom is -0.462 e. The summed E-state index contributed by atoms with van der Waals surface area (Å²) in [4.78, 5) is 0. The minimum absolute atomic E-state index is 0.0676. The van der Waals surface area contributed by atoms with E-state index in [4.69, 9.17) is 9.15 Å². The van der Waals surface area contributed by atoms with E-state index >= 15 is 0 Å². The first-order valence-electron chi connectivity index (χ1n) is 6.81. The summed E-state index contributed by atoms with van der Waals surface area (Å²) < 4.78 is 12.1. The normalized spacial score (nSPS) is 12.6. The third kappa shape index (κ3) is 3.95. The second-order valence-corrected chi connectivity index (χ2v) is 5.59. The fourth-order valence-corrected chi connectivity index (χ4v) is 2.54. The van der Waals surface area contributed by atoms with Crippen molar-refractivity contribution in [1.29, 1.82) is 0 Å². The Hall–Kier alpha value is -1.10. The molecule has 0 aliphatic heterocycles. The van der Waals surface area contributed by atoms with Crippen molar-refractivity contribution in [3.05, 3.63) is 58.0 Å². The first kappa shape index (κ1) is 15.3. The van der Waals surface area contributed by atoms with E-state index in [0.29, 0.717) is 6.61 Å². The highest BCUT2D eigenvalue weighted by Gasteiger charge is 2.17. The molecule has 1 aromatic carbocycles. The van der Waals surface area contributed by atoms with E-state index in [1.807, 2.05) is 24.3 Å². The summed E-state index contributed by atoms with van der Waals surface area (Å²) in [5.41, 5.74) is 1.19. The molecule has 0 saturated heterocycles. The lowest BCUT2D eigenvalue weighted by molar-refractivity contribution is 0.162. The Balaban J connectivity index is 2.26. The molecule has 1 N–H and O–H groups in total. The van der Waals surface area contributed by atoms with E-state index in [-0.39, 0.29) is 6.04 Å². The largest absolute Gasteiger partial charge is 0.462 e. The van der Waals surface area contributed by atoms with Gasteiger partial charge in [-0.3, -0.25) is 0 Å². The van der Waals surface area contributed by atoms with Crippen LogP contribution < -0.4 is 5.32 Å². The van der Waals surface area contributed by atoms with Crippen LogP contribution in [-0.2, 0) is 11.3 Å². The molecule has 0 fully saturated rings. The number of methoxy groups -OCH3 is 1. The lowest BCUT2D eigenvalue weighted by atomic mass is 10.0. The minimum atomic E-state index is 0.0676. The van der Waals surface area contributed by atoms with Gasteiger partial charge >= 0.3 is 0 Å². The van der Waals surface area contributed by atoms with Gasteiger partial charge in [-0.05, 0) is 42.8 Å². The second-order valence-electron chi connectivity index (χ2n) is 4.68. The van der Waals surface area contributed by atoms with E-state index < -0.39 is 0 Å². The number of rotatable bonds is 7.